The first-order valence-electron chi connectivity index (χ1n) is 10.9. The zero-order valence-electron chi connectivity index (χ0n) is 18.7. The van der Waals surface area contributed by atoms with Crippen molar-refractivity contribution in [3.8, 4) is 0 Å². The third kappa shape index (κ3) is 9.65. The molecule has 0 bridgehead atoms. The molecule has 3 atom stereocenters. The number of cyclic esters (lactones) is 1. The molecule has 0 spiro atoms. The third-order valence-corrected chi connectivity index (χ3v) is 5.29. The number of hydrogen-bond acceptors (Lipinski definition) is 7. The molecule has 0 amide bonds. The highest BCUT2D eigenvalue weighted by molar-refractivity contribution is 5.89. The van der Waals surface area contributed by atoms with Crippen molar-refractivity contribution in [1.29, 1.82) is 0 Å². The molecule has 30 heavy (non-hydrogen) atoms. The number of carbonyl (C=O) groups is 2. The molecule has 1 heterocycles. The van der Waals surface area contributed by atoms with Gasteiger partial charge in [0.15, 0.2) is 11.9 Å². The van der Waals surface area contributed by atoms with E-state index >= 15 is 0 Å². The molecule has 0 fully saturated rings. The summed E-state index contributed by atoms with van der Waals surface area (Å²) in [5, 5.41) is 28.6. The Bertz CT molecular complexity index is 621. The molecular formula is C23H38O7. The van der Waals surface area contributed by atoms with Crippen molar-refractivity contribution in [2.45, 2.75) is 91.3 Å². The topological polar surface area (TPSA) is 113 Å². The lowest BCUT2D eigenvalue weighted by molar-refractivity contribution is -0.154. The molecule has 0 aliphatic carbocycles. The molecule has 0 aromatic heterocycles. The summed E-state index contributed by atoms with van der Waals surface area (Å²) in [5.74, 6) is -1.78. The Balaban J connectivity index is 2.17. The maximum Gasteiger partial charge on any atom is 0.377 e. The number of ether oxygens (including phenoxy) is 2. The van der Waals surface area contributed by atoms with E-state index in [9.17, 15) is 24.9 Å². The Morgan fingerprint density at radius 1 is 1.13 bits per heavy atom. The molecule has 3 N–H and O–H groups in total. The summed E-state index contributed by atoms with van der Waals surface area (Å²) in [6.07, 6.45) is 7.15. The molecule has 172 valence electrons. The summed E-state index contributed by atoms with van der Waals surface area (Å²) < 4.78 is 9.57. The van der Waals surface area contributed by atoms with Crippen LogP contribution in [0.4, 0.5) is 0 Å². The van der Waals surface area contributed by atoms with E-state index in [1.54, 1.807) is 0 Å². The average Bonchev–Trinajstić information content (AvgIpc) is 2.93. The maximum atomic E-state index is 11.8. The highest BCUT2D eigenvalue weighted by Crippen LogP contribution is 2.22. The highest BCUT2D eigenvalue weighted by Gasteiger charge is 2.39. The molecule has 0 radical (unpaired) electrons. The van der Waals surface area contributed by atoms with Gasteiger partial charge in [-0.2, -0.15) is 0 Å². The van der Waals surface area contributed by atoms with E-state index in [1.165, 1.54) is 31.3 Å². The van der Waals surface area contributed by atoms with Crippen LogP contribution >= 0.6 is 0 Å². The van der Waals surface area contributed by atoms with Crippen molar-refractivity contribution in [2.75, 3.05) is 6.61 Å². The fourth-order valence-corrected chi connectivity index (χ4v) is 3.35. The number of rotatable bonds is 14. The Hall–Kier alpha value is -2.02. The van der Waals surface area contributed by atoms with Crippen LogP contribution in [0.5, 0.6) is 0 Å². The summed E-state index contributed by atoms with van der Waals surface area (Å²) in [5.41, 5.74) is 1.25. The molecule has 3 unspecified atom stereocenters. The monoisotopic (exact) mass is 426 g/mol. The molecular weight excluding hydrogens is 388 g/mol. The largest absolute Gasteiger partial charge is 0.505 e. The zero-order valence-corrected chi connectivity index (χ0v) is 18.7. The van der Waals surface area contributed by atoms with Gasteiger partial charge in [0.2, 0.25) is 5.76 Å². The van der Waals surface area contributed by atoms with Crippen LogP contribution in [-0.2, 0) is 19.1 Å². The molecule has 0 saturated heterocycles. The molecule has 1 aliphatic rings. The van der Waals surface area contributed by atoms with Crippen molar-refractivity contribution in [3.63, 3.8) is 0 Å². The van der Waals surface area contributed by atoms with Crippen molar-refractivity contribution in [1.82, 2.24) is 0 Å². The van der Waals surface area contributed by atoms with Crippen LogP contribution in [0.2, 0.25) is 0 Å². The van der Waals surface area contributed by atoms with E-state index in [4.69, 9.17) is 4.74 Å². The van der Waals surface area contributed by atoms with Crippen LogP contribution < -0.4 is 0 Å². The number of carbonyl (C=O) groups excluding carboxylic acids is 2. The predicted octanol–water partition coefficient (Wildman–Crippen LogP) is 4.50. The van der Waals surface area contributed by atoms with Gasteiger partial charge in [0.05, 0.1) is 0 Å². The van der Waals surface area contributed by atoms with Crippen LogP contribution in [0.15, 0.2) is 23.2 Å². The Kier molecular flexibility index (Phi) is 11.5. The number of esters is 2. The van der Waals surface area contributed by atoms with Gasteiger partial charge in [-0.3, -0.25) is 4.79 Å². The van der Waals surface area contributed by atoms with Crippen LogP contribution in [0.3, 0.4) is 0 Å². The van der Waals surface area contributed by atoms with Crippen molar-refractivity contribution in [2.24, 2.45) is 11.8 Å². The number of hydrogen-bond donors (Lipinski definition) is 3. The maximum absolute atomic E-state index is 11.8. The first-order chi connectivity index (χ1) is 14.1. The Morgan fingerprint density at radius 2 is 1.80 bits per heavy atom. The summed E-state index contributed by atoms with van der Waals surface area (Å²) in [7, 11) is 0. The van der Waals surface area contributed by atoms with Gasteiger partial charge in [-0.25, -0.2) is 4.79 Å². The van der Waals surface area contributed by atoms with E-state index in [1.807, 2.05) is 6.08 Å². The minimum Gasteiger partial charge on any atom is -0.505 e. The van der Waals surface area contributed by atoms with Gasteiger partial charge >= 0.3 is 11.9 Å². The molecule has 7 nitrogen and oxygen atoms in total. The number of aliphatic hydroxyl groups is 3. The van der Waals surface area contributed by atoms with Gasteiger partial charge in [0, 0.05) is 6.42 Å². The molecule has 0 aromatic rings. The smallest absolute Gasteiger partial charge is 0.377 e. The minimum absolute atomic E-state index is 0.174. The SMILES string of the molecule is CC(=CCCC(=O)OCC(O)C1OC(=O)C(O)=C1O)CCCC(C)CCCC(C)C. The quantitative estimate of drug-likeness (QED) is 0.277. The standard InChI is InChI=1S/C23H38O7/c1-15(2)8-5-9-16(3)10-6-11-17(4)12-7-13-19(25)29-14-18(24)22-20(26)21(27)23(28)30-22/h12,15-16,18,22,24,26-27H,5-11,13-14H2,1-4H3. The Morgan fingerprint density at radius 3 is 2.40 bits per heavy atom. The van der Waals surface area contributed by atoms with Crippen molar-refractivity contribution >= 4 is 11.9 Å². The van der Waals surface area contributed by atoms with E-state index < -0.39 is 42.3 Å². The molecule has 0 saturated carbocycles. The summed E-state index contributed by atoms with van der Waals surface area (Å²) >= 11 is 0. The van der Waals surface area contributed by atoms with Gasteiger partial charge in [0.1, 0.15) is 12.7 Å². The van der Waals surface area contributed by atoms with Crippen molar-refractivity contribution in [3.05, 3.63) is 23.2 Å². The lowest BCUT2D eigenvalue weighted by atomic mass is 9.94. The van der Waals surface area contributed by atoms with Gasteiger partial charge in [-0.05, 0) is 38.0 Å². The first kappa shape index (κ1) is 26.0. The van der Waals surface area contributed by atoms with E-state index in [0.717, 1.165) is 24.7 Å². The van der Waals surface area contributed by atoms with Gasteiger partial charge < -0.3 is 24.8 Å². The van der Waals surface area contributed by atoms with E-state index in [0.29, 0.717) is 6.42 Å². The normalized spacial score (nSPS) is 19.2. The van der Waals surface area contributed by atoms with Gasteiger partial charge in [-0.15, -0.1) is 0 Å². The molecule has 1 aliphatic heterocycles. The van der Waals surface area contributed by atoms with Crippen LogP contribution in [0, 0.1) is 11.8 Å². The summed E-state index contributed by atoms with van der Waals surface area (Å²) in [6, 6.07) is 0. The molecule has 0 aromatic carbocycles. The fraction of sp³-hybridized carbons (Fsp3) is 0.739. The Labute approximate surface area is 179 Å². The second kappa shape index (κ2) is 13.3. The van der Waals surface area contributed by atoms with Crippen LogP contribution in [-0.4, -0.2) is 46.1 Å². The summed E-state index contributed by atoms with van der Waals surface area (Å²) in [4.78, 5) is 22.9. The van der Waals surface area contributed by atoms with Gasteiger partial charge in [0.25, 0.3) is 0 Å². The summed E-state index contributed by atoms with van der Waals surface area (Å²) in [6.45, 7) is 8.46. The second-order valence-electron chi connectivity index (χ2n) is 8.72. The number of aliphatic hydroxyl groups excluding tert-OH is 3. The number of allylic oxidation sites excluding steroid dienone is 2. The van der Waals surface area contributed by atoms with Crippen molar-refractivity contribution < 1.29 is 34.4 Å². The first-order valence-corrected chi connectivity index (χ1v) is 10.9. The second-order valence-corrected chi connectivity index (χ2v) is 8.72. The minimum atomic E-state index is -1.44. The predicted molar refractivity (Wildman–Crippen MR) is 114 cm³/mol. The fourth-order valence-electron chi connectivity index (χ4n) is 3.35. The highest BCUT2D eigenvalue weighted by atomic mass is 16.6. The molecule has 7 heteroatoms. The molecule has 1 rings (SSSR count). The zero-order chi connectivity index (χ0) is 22.7. The van der Waals surface area contributed by atoms with E-state index in [2.05, 4.69) is 32.4 Å². The average molecular weight is 427 g/mol. The van der Waals surface area contributed by atoms with Crippen LogP contribution in [0.1, 0.15) is 79.1 Å². The lowest BCUT2D eigenvalue weighted by Gasteiger charge is -2.17. The lowest BCUT2D eigenvalue weighted by Crippen LogP contribution is -2.33. The van der Waals surface area contributed by atoms with Gasteiger partial charge in [-0.1, -0.05) is 58.1 Å². The van der Waals surface area contributed by atoms with Crippen LogP contribution in [0.25, 0.3) is 0 Å². The third-order valence-electron chi connectivity index (χ3n) is 5.29. The van der Waals surface area contributed by atoms with E-state index in [-0.39, 0.29) is 6.42 Å².